The third kappa shape index (κ3) is 2.43. The number of likely N-dealkylation sites (tertiary alicyclic amines) is 1. The normalized spacial score (nSPS) is 26.0. The maximum absolute atomic E-state index is 12.1. The molecular formula is C12H21N3O3. The SMILES string of the molecule is CCN1CCN(C(=O)N2CC(C(=O)O)C2)CC1C. The van der Waals surface area contributed by atoms with Gasteiger partial charge < -0.3 is 14.9 Å². The second-order valence-electron chi connectivity index (χ2n) is 5.15. The van der Waals surface area contributed by atoms with Gasteiger partial charge in [-0.15, -0.1) is 0 Å². The lowest BCUT2D eigenvalue weighted by atomic mass is 10.0. The van der Waals surface area contributed by atoms with Crippen molar-refractivity contribution in [3.05, 3.63) is 0 Å². The van der Waals surface area contributed by atoms with E-state index in [1.165, 1.54) is 0 Å². The predicted molar refractivity (Wildman–Crippen MR) is 66.4 cm³/mol. The van der Waals surface area contributed by atoms with Crippen LogP contribution in [0.2, 0.25) is 0 Å². The van der Waals surface area contributed by atoms with E-state index in [2.05, 4.69) is 18.7 Å². The summed E-state index contributed by atoms with van der Waals surface area (Å²) in [5, 5.41) is 8.79. The van der Waals surface area contributed by atoms with Gasteiger partial charge in [0.25, 0.3) is 0 Å². The monoisotopic (exact) mass is 255 g/mol. The number of carbonyl (C=O) groups is 2. The molecule has 0 aromatic rings. The van der Waals surface area contributed by atoms with Crippen LogP contribution in [-0.4, -0.2) is 77.1 Å². The molecule has 1 atom stereocenters. The first-order chi connectivity index (χ1) is 8.52. The summed E-state index contributed by atoms with van der Waals surface area (Å²) in [6.07, 6.45) is 0. The van der Waals surface area contributed by atoms with Crippen molar-refractivity contribution in [2.75, 3.05) is 39.3 Å². The maximum Gasteiger partial charge on any atom is 0.320 e. The van der Waals surface area contributed by atoms with E-state index in [1.807, 2.05) is 4.90 Å². The fourth-order valence-electron chi connectivity index (χ4n) is 2.63. The molecule has 6 heteroatoms. The van der Waals surface area contributed by atoms with E-state index in [0.29, 0.717) is 19.1 Å². The third-order valence-electron chi connectivity index (χ3n) is 3.94. The van der Waals surface area contributed by atoms with Crippen molar-refractivity contribution in [1.82, 2.24) is 14.7 Å². The molecule has 2 rings (SSSR count). The predicted octanol–water partition coefficient (Wildman–Crippen LogP) is 0.149. The molecule has 0 aromatic carbocycles. The topological polar surface area (TPSA) is 64.1 Å². The van der Waals surface area contributed by atoms with Gasteiger partial charge in [-0.1, -0.05) is 6.92 Å². The quantitative estimate of drug-likeness (QED) is 0.763. The number of likely N-dealkylation sites (N-methyl/N-ethyl adjacent to an activating group) is 1. The zero-order valence-corrected chi connectivity index (χ0v) is 11.0. The average Bonchev–Trinajstić information content (AvgIpc) is 2.26. The second kappa shape index (κ2) is 5.14. The minimum atomic E-state index is -0.803. The van der Waals surface area contributed by atoms with E-state index in [0.717, 1.165) is 26.2 Å². The summed E-state index contributed by atoms with van der Waals surface area (Å²) in [4.78, 5) is 28.7. The van der Waals surface area contributed by atoms with E-state index in [-0.39, 0.29) is 11.9 Å². The Labute approximate surface area is 107 Å². The Hall–Kier alpha value is -1.30. The zero-order valence-electron chi connectivity index (χ0n) is 11.0. The van der Waals surface area contributed by atoms with E-state index in [9.17, 15) is 9.59 Å². The number of hydrogen-bond acceptors (Lipinski definition) is 3. The van der Waals surface area contributed by atoms with Crippen LogP contribution in [0.15, 0.2) is 0 Å². The molecular weight excluding hydrogens is 234 g/mol. The number of hydrogen-bond donors (Lipinski definition) is 1. The van der Waals surface area contributed by atoms with Gasteiger partial charge in [0.15, 0.2) is 0 Å². The molecule has 2 aliphatic heterocycles. The van der Waals surface area contributed by atoms with Gasteiger partial charge in [0.2, 0.25) is 0 Å². The van der Waals surface area contributed by atoms with Crippen LogP contribution in [0, 0.1) is 5.92 Å². The van der Waals surface area contributed by atoms with Gasteiger partial charge >= 0.3 is 12.0 Å². The van der Waals surface area contributed by atoms with E-state index < -0.39 is 5.97 Å². The van der Waals surface area contributed by atoms with E-state index in [4.69, 9.17) is 5.11 Å². The van der Waals surface area contributed by atoms with Crippen LogP contribution in [0.5, 0.6) is 0 Å². The minimum Gasteiger partial charge on any atom is -0.481 e. The largest absolute Gasteiger partial charge is 0.481 e. The summed E-state index contributed by atoms with van der Waals surface area (Å²) in [6.45, 7) is 8.35. The molecule has 6 nitrogen and oxygen atoms in total. The van der Waals surface area contributed by atoms with Crippen molar-refractivity contribution in [3.8, 4) is 0 Å². The molecule has 102 valence electrons. The molecule has 0 saturated carbocycles. The third-order valence-corrected chi connectivity index (χ3v) is 3.94. The summed E-state index contributed by atoms with van der Waals surface area (Å²) < 4.78 is 0. The molecule has 0 spiro atoms. The van der Waals surface area contributed by atoms with Crippen LogP contribution in [0.1, 0.15) is 13.8 Å². The lowest BCUT2D eigenvalue weighted by molar-refractivity contribution is -0.146. The van der Waals surface area contributed by atoms with Crippen molar-refractivity contribution in [2.24, 2.45) is 5.92 Å². The zero-order chi connectivity index (χ0) is 13.3. The summed E-state index contributed by atoms with van der Waals surface area (Å²) in [6, 6.07) is 0.374. The highest BCUT2D eigenvalue weighted by molar-refractivity contribution is 5.80. The Balaban J connectivity index is 1.83. The Kier molecular flexibility index (Phi) is 3.75. The minimum absolute atomic E-state index is 0.00453. The fraction of sp³-hybridized carbons (Fsp3) is 0.833. The highest BCUT2D eigenvalue weighted by atomic mass is 16.4. The van der Waals surface area contributed by atoms with Crippen LogP contribution in [0.4, 0.5) is 4.79 Å². The Bertz CT molecular complexity index is 341. The molecule has 2 amide bonds. The number of amides is 2. The molecule has 1 unspecified atom stereocenters. The molecule has 2 fully saturated rings. The van der Waals surface area contributed by atoms with Crippen molar-refractivity contribution in [3.63, 3.8) is 0 Å². The van der Waals surface area contributed by atoms with Crippen LogP contribution >= 0.6 is 0 Å². The molecule has 0 radical (unpaired) electrons. The van der Waals surface area contributed by atoms with Crippen molar-refractivity contribution < 1.29 is 14.7 Å². The molecule has 2 aliphatic rings. The molecule has 2 saturated heterocycles. The number of rotatable bonds is 2. The Morgan fingerprint density at radius 1 is 1.17 bits per heavy atom. The second-order valence-corrected chi connectivity index (χ2v) is 5.15. The van der Waals surface area contributed by atoms with Crippen LogP contribution < -0.4 is 0 Å². The van der Waals surface area contributed by atoms with Gasteiger partial charge in [-0.05, 0) is 13.5 Å². The first-order valence-electron chi connectivity index (χ1n) is 6.53. The smallest absolute Gasteiger partial charge is 0.320 e. The standard InChI is InChI=1S/C12H21N3O3/c1-3-13-4-5-14(6-9(13)2)12(18)15-7-10(8-15)11(16)17/h9-10H,3-8H2,1-2H3,(H,16,17). The lowest BCUT2D eigenvalue weighted by Gasteiger charge is -2.44. The summed E-state index contributed by atoms with van der Waals surface area (Å²) in [5.74, 6) is -1.17. The van der Waals surface area contributed by atoms with Crippen LogP contribution in [0.25, 0.3) is 0 Å². The van der Waals surface area contributed by atoms with Crippen molar-refractivity contribution >= 4 is 12.0 Å². The lowest BCUT2D eigenvalue weighted by Crippen LogP contribution is -2.61. The molecule has 0 aliphatic carbocycles. The summed E-state index contributed by atoms with van der Waals surface area (Å²) >= 11 is 0. The van der Waals surface area contributed by atoms with Gasteiger partial charge in [-0.2, -0.15) is 0 Å². The summed E-state index contributed by atoms with van der Waals surface area (Å²) in [7, 11) is 0. The van der Waals surface area contributed by atoms with Gasteiger partial charge in [0, 0.05) is 38.8 Å². The molecule has 0 bridgehead atoms. The Morgan fingerprint density at radius 2 is 1.83 bits per heavy atom. The molecule has 1 N–H and O–H groups in total. The molecule has 0 aromatic heterocycles. The van der Waals surface area contributed by atoms with Gasteiger partial charge in [0.1, 0.15) is 0 Å². The Morgan fingerprint density at radius 3 is 2.33 bits per heavy atom. The van der Waals surface area contributed by atoms with E-state index in [1.54, 1.807) is 4.90 Å². The van der Waals surface area contributed by atoms with Gasteiger partial charge in [0.05, 0.1) is 5.92 Å². The molecule has 2 heterocycles. The van der Waals surface area contributed by atoms with Crippen molar-refractivity contribution in [1.29, 1.82) is 0 Å². The van der Waals surface area contributed by atoms with Crippen LogP contribution in [0.3, 0.4) is 0 Å². The maximum atomic E-state index is 12.1. The number of carboxylic acids is 1. The fourth-order valence-corrected chi connectivity index (χ4v) is 2.63. The highest BCUT2D eigenvalue weighted by Crippen LogP contribution is 2.19. The number of nitrogens with zero attached hydrogens (tertiary/aromatic N) is 3. The van der Waals surface area contributed by atoms with E-state index >= 15 is 0 Å². The first kappa shape index (κ1) is 13.1. The number of piperazine rings is 1. The first-order valence-corrected chi connectivity index (χ1v) is 6.53. The number of carbonyl (C=O) groups excluding carboxylic acids is 1. The highest BCUT2D eigenvalue weighted by Gasteiger charge is 2.38. The molecule has 18 heavy (non-hydrogen) atoms. The average molecular weight is 255 g/mol. The summed E-state index contributed by atoms with van der Waals surface area (Å²) in [5.41, 5.74) is 0. The van der Waals surface area contributed by atoms with Crippen LogP contribution in [-0.2, 0) is 4.79 Å². The van der Waals surface area contributed by atoms with Gasteiger partial charge in [-0.3, -0.25) is 9.69 Å². The number of carboxylic acid groups (broad SMARTS) is 1. The van der Waals surface area contributed by atoms with Crippen molar-refractivity contribution in [2.45, 2.75) is 19.9 Å². The number of urea groups is 1. The number of aliphatic carboxylic acids is 1. The van der Waals surface area contributed by atoms with Gasteiger partial charge in [-0.25, -0.2) is 4.79 Å².